The summed E-state index contributed by atoms with van der Waals surface area (Å²) in [7, 11) is 4.78. The molecule has 3 aromatic rings. The van der Waals surface area contributed by atoms with Gasteiger partial charge in [0.05, 0.1) is 26.2 Å². The Balaban J connectivity index is 1.77. The van der Waals surface area contributed by atoms with Gasteiger partial charge < -0.3 is 14.4 Å². The normalized spacial score (nSPS) is 13.3. The Morgan fingerprint density at radius 3 is 2.52 bits per heavy atom. The lowest BCUT2D eigenvalue weighted by atomic mass is 10.1. The molecular formula is C22H23N3O4. The molecule has 1 aliphatic carbocycles. The van der Waals surface area contributed by atoms with Crippen molar-refractivity contribution in [1.29, 1.82) is 0 Å². The molecule has 0 spiro atoms. The molecule has 0 atom stereocenters. The highest BCUT2D eigenvalue weighted by Crippen LogP contribution is 2.33. The minimum absolute atomic E-state index is 0.149. The van der Waals surface area contributed by atoms with Crippen LogP contribution < -0.4 is 15.0 Å². The van der Waals surface area contributed by atoms with Gasteiger partial charge in [0, 0.05) is 24.0 Å². The number of fused-ring (bicyclic) bond motifs is 1. The molecule has 1 heterocycles. The van der Waals surface area contributed by atoms with Crippen LogP contribution in [0.2, 0.25) is 0 Å². The van der Waals surface area contributed by atoms with Gasteiger partial charge in [-0.2, -0.15) is 5.10 Å². The van der Waals surface area contributed by atoms with Gasteiger partial charge in [-0.05, 0) is 37.1 Å². The fourth-order valence-corrected chi connectivity index (χ4v) is 3.54. The second-order valence-corrected chi connectivity index (χ2v) is 7.16. The molecule has 1 amide bonds. The highest BCUT2D eigenvalue weighted by Gasteiger charge is 2.35. The zero-order valence-corrected chi connectivity index (χ0v) is 16.7. The predicted molar refractivity (Wildman–Crippen MR) is 109 cm³/mol. The highest BCUT2D eigenvalue weighted by atomic mass is 16.5. The quantitative estimate of drug-likeness (QED) is 0.644. The standard InChI is InChI=1S/C22H23N3O4/c1-24-21(26)18-7-5-4-6-17(18)20(23-24)22(27)25(15-8-9-15)13-14-12-16(28-2)10-11-19(14)29-3/h4-7,10-12,15H,8-9,13H2,1-3H3. The van der Waals surface area contributed by atoms with Crippen molar-refractivity contribution >= 4 is 16.7 Å². The zero-order valence-electron chi connectivity index (χ0n) is 16.7. The summed E-state index contributed by atoms with van der Waals surface area (Å²) in [6.07, 6.45) is 1.89. The fourth-order valence-electron chi connectivity index (χ4n) is 3.54. The van der Waals surface area contributed by atoms with Gasteiger partial charge in [-0.1, -0.05) is 18.2 Å². The van der Waals surface area contributed by atoms with Crippen LogP contribution in [0.5, 0.6) is 11.5 Å². The SMILES string of the molecule is COc1ccc(OC)c(CN(C(=O)c2nn(C)c(=O)c3ccccc23)C2CC2)c1. The van der Waals surface area contributed by atoms with Gasteiger partial charge in [-0.3, -0.25) is 9.59 Å². The molecule has 1 fully saturated rings. The molecule has 150 valence electrons. The Hall–Kier alpha value is -3.35. The van der Waals surface area contributed by atoms with Crippen molar-refractivity contribution in [3.05, 3.63) is 64.1 Å². The van der Waals surface area contributed by atoms with E-state index in [2.05, 4.69) is 5.10 Å². The zero-order chi connectivity index (χ0) is 20.5. The van der Waals surface area contributed by atoms with E-state index in [-0.39, 0.29) is 23.2 Å². The summed E-state index contributed by atoms with van der Waals surface area (Å²) in [5.74, 6) is 1.21. The van der Waals surface area contributed by atoms with Crippen LogP contribution in [0.25, 0.3) is 10.8 Å². The number of carbonyl (C=O) groups is 1. The molecule has 0 N–H and O–H groups in total. The number of nitrogens with zero attached hydrogens (tertiary/aromatic N) is 3. The Labute approximate surface area is 168 Å². The summed E-state index contributed by atoms with van der Waals surface area (Å²) in [4.78, 5) is 27.8. The third-order valence-corrected chi connectivity index (χ3v) is 5.24. The minimum Gasteiger partial charge on any atom is -0.497 e. The molecule has 0 unspecified atom stereocenters. The number of aromatic nitrogens is 2. The number of rotatable bonds is 6. The first-order valence-corrected chi connectivity index (χ1v) is 9.51. The van der Waals surface area contributed by atoms with E-state index in [4.69, 9.17) is 9.47 Å². The number of hydrogen-bond donors (Lipinski definition) is 0. The van der Waals surface area contributed by atoms with E-state index in [1.54, 1.807) is 39.5 Å². The first kappa shape index (κ1) is 19.0. The van der Waals surface area contributed by atoms with E-state index < -0.39 is 0 Å². The molecular weight excluding hydrogens is 370 g/mol. The second kappa shape index (κ2) is 7.58. The summed E-state index contributed by atoms with van der Waals surface area (Å²) in [5.41, 5.74) is 0.933. The molecule has 0 aliphatic heterocycles. The predicted octanol–water partition coefficient (Wildman–Crippen LogP) is 2.76. The Kier molecular flexibility index (Phi) is 4.96. The van der Waals surface area contributed by atoms with Crippen LogP contribution in [0, 0.1) is 0 Å². The molecule has 2 aromatic carbocycles. The first-order chi connectivity index (χ1) is 14.0. The number of carbonyl (C=O) groups excluding carboxylic acids is 1. The average molecular weight is 393 g/mol. The Bertz CT molecular complexity index is 1130. The van der Waals surface area contributed by atoms with Crippen LogP contribution in [-0.4, -0.2) is 40.8 Å². The topological polar surface area (TPSA) is 73.7 Å². The number of hydrogen-bond acceptors (Lipinski definition) is 5. The minimum atomic E-state index is -0.218. The van der Waals surface area contributed by atoms with Crippen molar-refractivity contribution in [2.75, 3.05) is 14.2 Å². The van der Waals surface area contributed by atoms with Gasteiger partial charge in [0.2, 0.25) is 0 Å². The molecule has 4 rings (SSSR count). The monoisotopic (exact) mass is 393 g/mol. The lowest BCUT2D eigenvalue weighted by Gasteiger charge is -2.24. The molecule has 7 heteroatoms. The molecule has 0 saturated heterocycles. The third-order valence-electron chi connectivity index (χ3n) is 5.24. The second-order valence-electron chi connectivity index (χ2n) is 7.16. The maximum atomic E-state index is 13.5. The van der Waals surface area contributed by atoms with Crippen molar-refractivity contribution in [1.82, 2.24) is 14.7 Å². The summed E-state index contributed by atoms with van der Waals surface area (Å²) in [6, 6.07) is 12.8. The van der Waals surface area contributed by atoms with E-state index >= 15 is 0 Å². The van der Waals surface area contributed by atoms with Crippen LogP contribution >= 0.6 is 0 Å². The molecule has 7 nitrogen and oxygen atoms in total. The van der Waals surface area contributed by atoms with Crippen molar-refractivity contribution in [3.63, 3.8) is 0 Å². The summed E-state index contributed by atoms with van der Waals surface area (Å²) in [6.45, 7) is 0.378. The van der Waals surface area contributed by atoms with Gasteiger partial charge in [0.15, 0.2) is 5.69 Å². The van der Waals surface area contributed by atoms with Crippen molar-refractivity contribution in [3.8, 4) is 11.5 Å². The average Bonchev–Trinajstić information content (AvgIpc) is 3.59. The van der Waals surface area contributed by atoms with Crippen LogP contribution in [0.15, 0.2) is 47.3 Å². The fraction of sp³-hybridized carbons (Fsp3) is 0.318. The summed E-state index contributed by atoms with van der Waals surface area (Å²) < 4.78 is 12.0. The lowest BCUT2D eigenvalue weighted by molar-refractivity contribution is 0.0722. The molecule has 1 saturated carbocycles. The third kappa shape index (κ3) is 3.55. The van der Waals surface area contributed by atoms with Gasteiger partial charge in [-0.25, -0.2) is 4.68 Å². The molecule has 29 heavy (non-hydrogen) atoms. The van der Waals surface area contributed by atoms with Crippen molar-refractivity contribution < 1.29 is 14.3 Å². The van der Waals surface area contributed by atoms with E-state index in [0.29, 0.717) is 28.8 Å². The number of aryl methyl sites for hydroxylation is 1. The van der Waals surface area contributed by atoms with Crippen molar-refractivity contribution in [2.24, 2.45) is 7.05 Å². The Morgan fingerprint density at radius 1 is 1.14 bits per heavy atom. The van der Waals surface area contributed by atoms with Crippen LogP contribution in [0.4, 0.5) is 0 Å². The van der Waals surface area contributed by atoms with Crippen molar-refractivity contribution in [2.45, 2.75) is 25.4 Å². The maximum absolute atomic E-state index is 13.5. The molecule has 1 aromatic heterocycles. The van der Waals surface area contributed by atoms with E-state index in [0.717, 1.165) is 18.4 Å². The Morgan fingerprint density at radius 2 is 1.86 bits per heavy atom. The first-order valence-electron chi connectivity index (χ1n) is 9.51. The van der Waals surface area contributed by atoms with Gasteiger partial charge in [-0.15, -0.1) is 0 Å². The van der Waals surface area contributed by atoms with E-state index in [1.165, 1.54) is 4.68 Å². The number of methoxy groups -OCH3 is 2. The summed E-state index contributed by atoms with van der Waals surface area (Å²) >= 11 is 0. The number of amides is 1. The lowest BCUT2D eigenvalue weighted by Crippen LogP contribution is -2.35. The smallest absolute Gasteiger partial charge is 0.275 e. The maximum Gasteiger partial charge on any atom is 0.275 e. The van der Waals surface area contributed by atoms with Gasteiger partial charge >= 0.3 is 0 Å². The summed E-state index contributed by atoms with van der Waals surface area (Å²) in [5, 5.41) is 5.37. The number of ether oxygens (including phenoxy) is 2. The molecule has 1 aliphatic rings. The van der Waals surface area contributed by atoms with Crippen LogP contribution in [0.3, 0.4) is 0 Å². The van der Waals surface area contributed by atoms with Gasteiger partial charge in [0.25, 0.3) is 11.5 Å². The highest BCUT2D eigenvalue weighted by molar-refractivity contribution is 6.05. The van der Waals surface area contributed by atoms with Crippen LogP contribution in [-0.2, 0) is 13.6 Å². The number of benzene rings is 2. The molecule has 0 bridgehead atoms. The van der Waals surface area contributed by atoms with E-state index in [1.807, 2.05) is 29.2 Å². The molecule has 0 radical (unpaired) electrons. The van der Waals surface area contributed by atoms with E-state index in [9.17, 15) is 9.59 Å². The largest absolute Gasteiger partial charge is 0.497 e. The van der Waals surface area contributed by atoms with Crippen LogP contribution in [0.1, 0.15) is 28.9 Å². The van der Waals surface area contributed by atoms with Gasteiger partial charge in [0.1, 0.15) is 11.5 Å².